The fraction of sp³-hybridized carbons (Fsp3) is 0.292. The van der Waals surface area contributed by atoms with Crippen molar-refractivity contribution in [2.75, 3.05) is 13.2 Å². The van der Waals surface area contributed by atoms with Crippen LogP contribution >= 0.6 is 0 Å². The van der Waals surface area contributed by atoms with Gasteiger partial charge >= 0.3 is 6.16 Å². The van der Waals surface area contributed by atoms with Crippen molar-refractivity contribution < 1.29 is 23.0 Å². The molecule has 0 aliphatic carbocycles. The summed E-state index contributed by atoms with van der Waals surface area (Å²) in [4.78, 5) is 11.6. The summed E-state index contributed by atoms with van der Waals surface area (Å²) in [6, 6.07) is 19.8. The van der Waals surface area contributed by atoms with Gasteiger partial charge in [0.2, 0.25) is 0 Å². The summed E-state index contributed by atoms with van der Waals surface area (Å²) in [6.07, 6.45) is 0.686. The van der Waals surface area contributed by atoms with Crippen molar-refractivity contribution in [3.63, 3.8) is 0 Å². The van der Waals surface area contributed by atoms with E-state index in [0.29, 0.717) is 13.0 Å². The van der Waals surface area contributed by atoms with Crippen LogP contribution in [-0.2, 0) is 32.7 Å². The molecule has 0 fully saturated rings. The SMILES string of the molecule is CCCOC(=O)OCCc1cc(-c2ccc(CS(=O)O)cc2)n(-c2ccccc2)c1C. The first-order valence-corrected chi connectivity index (χ1v) is 11.5. The number of nitrogens with zero attached hydrogens (tertiary/aromatic N) is 1. The van der Waals surface area contributed by atoms with Crippen LogP contribution in [0.15, 0.2) is 60.7 Å². The highest BCUT2D eigenvalue weighted by molar-refractivity contribution is 7.78. The third-order valence-corrected chi connectivity index (χ3v) is 5.50. The summed E-state index contributed by atoms with van der Waals surface area (Å²) in [5.74, 6) is 0.107. The van der Waals surface area contributed by atoms with E-state index in [-0.39, 0.29) is 12.4 Å². The molecule has 0 amide bonds. The normalized spacial score (nSPS) is 11.8. The predicted molar refractivity (Wildman–Crippen MR) is 122 cm³/mol. The van der Waals surface area contributed by atoms with Crippen LogP contribution in [-0.4, -0.2) is 32.7 Å². The first kappa shape index (κ1) is 22.8. The Hall–Kier alpha value is -2.90. The Morgan fingerprint density at radius 3 is 2.35 bits per heavy atom. The molecule has 1 atom stereocenters. The molecule has 0 aliphatic heterocycles. The van der Waals surface area contributed by atoms with Gasteiger partial charge in [-0.3, -0.25) is 0 Å². The van der Waals surface area contributed by atoms with Gasteiger partial charge in [-0.05, 0) is 48.2 Å². The molecule has 1 heterocycles. The number of hydrogen-bond acceptors (Lipinski definition) is 4. The van der Waals surface area contributed by atoms with Gasteiger partial charge in [0, 0.05) is 17.8 Å². The highest BCUT2D eigenvalue weighted by Crippen LogP contribution is 2.30. The van der Waals surface area contributed by atoms with Crippen molar-refractivity contribution >= 4 is 17.2 Å². The van der Waals surface area contributed by atoms with Crippen molar-refractivity contribution in [3.05, 3.63) is 77.5 Å². The van der Waals surface area contributed by atoms with E-state index < -0.39 is 17.2 Å². The van der Waals surface area contributed by atoms with Crippen LogP contribution in [0.3, 0.4) is 0 Å². The molecule has 1 N–H and O–H groups in total. The van der Waals surface area contributed by atoms with E-state index in [2.05, 4.69) is 10.6 Å². The minimum Gasteiger partial charge on any atom is -0.434 e. The number of ether oxygens (including phenoxy) is 2. The van der Waals surface area contributed by atoms with Crippen molar-refractivity contribution in [1.82, 2.24) is 4.57 Å². The van der Waals surface area contributed by atoms with Crippen molar-refractivity contribution in [3.8, 4) is 16.9 Å². The Morgan fingerprint density at radius 1 is 1.03 bits per heavy atom. The number of benzene rings is 2. The van der Waals surface area contributed by atoms with Gasteiger partial charge in [0.05, 0.1) is 24.7 Å². The van der Waals surface area contributed by atoms with Gasteiger partial charge in [-0.25, -0.2) is 9.00 Å². The number of hydrogen-bond donors (Lipinski definition) is 1. The number of aromatic nitrogens is 1. The molecular weight excluding hydrogens is 414 g/mol. The summed E-state index contributed by atoms with van der Waals surface area (Å²) in [5.41, 5.74) is 5.97. The molecule has 7 heteroatoms. The highest BCUT2D eigenvalue weighted by Gasteiger charge is 2.16. The van der Waals surface area contributed by atoms with E-state index in [1.165, 1.54) is 0 Å². The lowest BCUT2D eigenvalue weighted by Crippen LogP contribution is -2.10. The second-order valence-corrected chi connectivity index (χ2v) is 8.10. The minimum atomic E-state index is -1.87. The Labute approximate surface area is 185 Å². The van der Waals surface area contributed by atoms with Crippen LogP contribution in [0.1, 0.15) is 30.2 Å². The maximum absolute atomic E-state index is 11.6. The van der Waals surface area contributed by atoms with Crippen molar-refractivity contribution in [1.29, 1.82) is 0 Å². The van der Waals surface area contributed by atoms with Crippen LogP contribution in [0.2, 0.25) is 0 Å². The molecule has 6 nitrogen and oxygen atoms in total. The summed E-state index contributed by atoms with van der Waals surface area (Å²) >= 11 is -1.87. The average Bonchev–Trinajstić information content (AvgIpc) is 3.09. The summed E-state index contributed by atoms with van der Waals surface area (Å²) in [5, 5.41) is 0. The molecule has 2 aromatic carbocycles. The fourth-order valence-electron chi connectivity index (χ4n) is 3.42. The third kappa shape index (κ3) is 6.06. The van der Waals surface area contributed by atoms with E-state index >= 15 is 0 Å². The van der Waals surface area contributed by atoms with Crippen LogP contribution in [0.5, 0.6) is 0 Å². The lowest BCUT2D eigenvalue weighted by molar-refractivity contribution is 0.0561. The molecule has 164 valence electrons. The van der Waals surface area contributed by atoms with Crippen LogP contribution < -0.4 is 0 Å². The summed E-state index contributed by atoms with van der Waals surface area (Å²) < 4.78 is 32.5. The van der Waals surface area contributed by atoms with Gasteiger partial charge in [-0.15, -0.1) is 0 Å². The van der Waals surface area contributed by atoms with Gasteiger partial charge in [0.15, 0.2) is 11.1 Å². The molecule has 3 aromatic rings. The fourth-order valence-corrected chi connectivity index (χ4v) is 3.90. The van der Waals surface area contributed by atoms with E-state index in [9.17, 15) is 9.00 Å². The molecule has 31 heavy (non-hydrogen) atoms. The number of para-hydroxylation sites is 1. The van der Waals surface area contributed by atoms with Gasteiger partial charge in [0.25, 0.3) is 0 Å². The smallest absolute Gasteiger partial charge is 0.434 e. The van der Waals surface area contributed by atoms with Crippen LogP contribution in [0, 0.1) is 6.92 Å². The zero-order valence-corrected chi connectivity index (χ0v) is 18.6. The topological polar surface area (TPSA) is 77.8 Å². The molecule has 0 aliphatic rings. The molecule has 0 bridgehead atoms. The third-order valence-electron chi connectivity index (χ3n) is 4.92. The molecule has 1 aromatic heterocycles. The first-order chi connectivity index (χ1) is 15.0. The largest absolute Gasteiger partial charge is 0.508 e. The van der Waals surface area contributed by atoms with E-state index in [4.69, 9.17) is 14.0 Å². The van der Waals surface area contributed by atoms with Crippen LogP contribution in [0.4, 0.5) is 4.79 Å². The molecule has 3 rings (SSSR count). The minimum absolute atomic E-state index is 0.107. The second kappa shape index (κ2) is 10.9. The van der Waals surface area contributed by atoms with E-state index in [0.717, 1.165) is 40.2 Å². The van der Waals surface area contributed by atoms with E-state index in [1.807, 2.05) is 68.4 Å². The Morgan fingerprint density at radius 2 is 1.71 bits per heavy atom. The number of carbonyl (C=O) groups excluding carboxylic acids is 1. The van der Waals surface area contributed by atoms with Gasteiger partial charge in [-0.2, -0.15) is 0 Å². The second-order valence-electron chi connectivity index (χ2n) is 7.17. The number of rotatable bonds is 9. The lowest BCUT2D eigenvalue weighted by atomic mass is 10.1. The zero-order chi connectivity index (χ0) is 22.2. The maximum atomic E-state index is 11.6. The monoisotopic (exact) mass is 441 g/mol. The Bertz CT molecular complexity index is 1030. The lowest BCUT2D eigenvalue weighted by Gasteiger charge is -2.13. The van der Waals surface area contributed by atoms with E-state index in [1.54, 1.807) is 0 Å². The van der Waals surface area contributed by atoms with Gasteiger partial charge < -0.3 is 18.6 Å². The molecular formula is C24H27NO5S. The zero-order valence-electron chi connectivity index (χ0n) is 17.7. The molecule has 0 spiro atoms. The van der Waals surface area contributed by atoms with Gasteiger partial charge in [0.1, 0.15) is 0 Å². The summed E-state index contributed by atoms with van der Waals surface area (Å²) in [6.45, 7) is 4.57. The standard InChI is InChI=1S/C24H27NO5S/c1-3-14-29-24(26)30-15-13-21-16-23(20-11-9-19(10-12-20)17-31(27)28)25(18(21)2)22-7-5-4-6-8-22/h4-12,16H,3,13-15,17H2,1-2H3,(H,27,28). The van der Waals surface area contributed by atoms with Crippen LogP contribution in [0.25, 0.3) is 16.9 Å². The summed E-state index contributed by atoms with van der Waals surface area (Å²) in [7, 11) is 0. The molecule has 0 radical (unpaired) electrons. The highest BCUT2D eigenvalue weighted by atomic mass is 32.2. The molecule has 0 saturated carbocycles. The molecule has 1 unspecified atom stereocenters. The predicted octanol–water partition coefficient (Wildman–Crippen LogP) is 5.28. The Kier molecular flexibility index (Phi) is 8.03. The van der Waals surface area contributed by atoms with Crippen molar-refractivity contribution in [2.24, 2.45) is 0 Å². The Balaban J connectivity index is 1.88. The number of carbonyl (C=O) groups is 1. The molecule has 0 saturated heterocycles. The van der Waals surface area contributed by atoms with Crippen molar-refractivity contribution in [2.45, 2.75) is 32.4 Å². The van der Waals surface area contributed by atoms with Gasteiger partial charge in [-0.1, -0.05) is 49.4 Å². The maximum Gasteiger partial charge on any atom is 0.508 e. The first-order valence-electron chi connectivity index (χ1n) is 10.2. The average molecular weight is 442 g/mol. The quantitative estimate of drug-likeness (QED) is 0.361.